The first-order chi connectivity index (χ1) is 22.9. The number of hydrogen-bond acceptors (Lipinski definition) is 3. The van der Waals surface area contributed by atoms with Gasteiger partial charge in [0.2, 0.25) is 0 Å². The SMILES string of the molecule is CCCCCc1cc(Oc2[c-]c3c(cc2)c2cc(CC)ccc2n3-c2cc(C)ccn2)[c-]c(-n2nc(C)c(-c3ccccc3)c2C)c1.[Pt+2]. The summed E-state index contributed by atoms with van der Waals surface area (Å²) in [5.74, 6) is 2.16. The summed E-state index contributed by atoms with van der Waals surface area (Å²) < 4.78 is 10.8. The first kappa shape index (κ1) is 33.4. The van der Waals surface area contributed by atoms with Gasteiger partial charge in [0.1, 0.15) is 5.82 Å². The zero-order valence-corrected chi connectivity index (χ0v) is 30.5. The van der Waals surface area contributed by atoms with Crippen LogP contribution in [0.3, 0.4) is 0 Å². The van der Waals surface area contributed by atoms with Crippen LogP contribution in [0.15, 0.2) is 91.1 Å². The van der Waals surface area contributed by atoms with E-state index in [1.54, 1.807) is 0 Å². The molecule has 3 heterocycles. The number of aryl methyl sites for hydroxylation is 4. The molecule has 7 rings (SSSR count). The Hall–Kier alpha value is -4.47. The standard InChI is InChI=1S/C42H40N4O.Pt/c1-6-8-10-13-32-23-34(46-30(5)42(29(4)44-46)33-14-11-9-12-15-33)26-36(24-32)47-35-17-18-37-38-25-31(7-2)16-19-39(38)45(40(37)27-35)41-22-28(3)20-21-43-41;/h9,11-12,14-25H,6-8,10,13H2,1-5H3;/q-2;+2. The van der Waals surface area contributed by atoms with Crippen LogP contribution in [-0.4, -0.2) is 19.3 Å². The monoisotopic (exact) mass is 811 g/mol. The molecule has 48 heavy (non-hydrogen) atoms. The van der Waals surface area contributed by atoms with Crippen molar-refractivity contribution in [2.75, 3.05) is 0 Å². The third kappa shape index (κ3) is 6.49. The van der Waals surface area contributed by atoms with Crippen molar-refractivity contribution in [3.05, 3.63) is 131 Å². The fraction of sp³-hybridized carbons (Fsp3) is 0.238. The molecule has 6 heteroatoms. The number of pyridine rings is 1. The Morgan fingerprint density at radius 1 is 0.771 bits per heavy atom. The van der Waals surface area contributed by atoms with Gasteiger partial charge in [-0.2, -0.15) is 16.7 Å². The van der Waals surface area contributed by atoms with Gasteiger partial charge in [-0.3, -0.25) is 4.68 Å². The minimum Gasteiger partial charge on any atom is -0.509 e. The zero-order chi connectivity index (χ0) is 32.5. The van der Waals surface area contributed by atoms with Crippen LogP contribution in [0.1, 0.15) is 61.2 Å². The van der Waals surface area contributed by atoms with E-state index in [-0.39, 0.29) is 21.1 Å². The molecule has 0 aliphatic rings. The Bertz CT molecular complexity index is 2210. The smallest absolute Gasteiger partial charge is 0.509 e. The van der Waals surface area contributed by atoms with Crippen molar-refractivity contribution in [2.45, 2.75) is 66.7 Å². The van der Waals surface area contributed by atoms with E-state index in [4.69, 9.17) is 14.8 Å². The number of unbranched alkanes of at least 4 members (excludes halogenated alkanes) is 2. The summed E-state index contributed by atoms with van der Waals surface area (Å²) in [6.45, 7) is 10.7. The average Bonchev–Trinajstić information content (AvgIpc) is 3.57. The molecule has 4 aromatic carbocycles. The molecule has 244 valence electrons. The Labute approximate surface area is 297 Å². The molecule has 0 amide bonds. The van der Waals surface area contributed by atoms with E-state index in [9.17, 15) is 0 Å². The maximum absolute atomic E-state index is 6.63. The van der Waals surface area contributed by atoms with E-state index in [0.29, 0.717) is 11.5 Å². The molecular formula is C42H40N4OPt. The predicted molar refractivity (Wildman–Crippen MR) is 192 cm³/mol. The van der Waals surface area contributed by atoms with E-state index < -0.39 is 0 Å². The van der Waals surface area contributed by atoms with Crippen molar-refractivity contribution in [3.8, 4) is 34.1 Å². The normalized spacial score (nSPS) is 11.3. The number of hydrogen-bond donors (Lipinski definition) is 0. The number of ether oxygens (including phenoxy) is 1. The molecule has 0 aliphatic heterocycles. The van der Waals surface area contributed by atoms with Gasteiger partial charge in [0.25, 0.3) is 0 Å². The first-order valence-electron chi connectivity index (χ1n) is 16.7. The Balaban J connectivity index is 0.00000401. The summed E-state index contributed by atoms with van der Waals surface area (Å²) in [6.07, 6.45) is 7.28. The minimum atomic E-state index is 0. The summed E-state index contributed by atoms with van der Waals surface area (Å²) in [6, 6.07) is 37.0. The van der Waals surface area contributed by atoms with Gasteiger partial charge in [-0.25, -0.2) is 4.98 Å². The molecule has 5 nitrogen and oxygen atoms in total. The molecule has 0 bridgehead atoms. The summed E-state index contributed by atoms with van der Waals surface area (Å²) in [5, 5.41) is 7.30. The van der Waals surface area contributed by atoms with E-state index in [2.05, 4.69) is 118 Å². The number of aromatic nitrogens is 4. The number of nitrogens with zero attached hydrogens (tertiary/aromatic N) is 4. The molecule has 0 aliphatic carbocycles. The van der Waals surface area contributed by atoms with Crippen LogP contribution in [0.2, 0.25) is 0 Å². The molecule has 0 fully saturated rings. The summed E-state index contributed by atoms with van der Waals surface area (Å²) in [7, 11) is 0. The van der Waals surface area contributed by atoms with E-state index in [1.165, 1.54) is 29.4 Å². The Morgan fingerprint density at radius 3 is 2.38 bits per heavy atom. The molecule has 7 aromatic rings. The molecule has 0 radical (unpaired) electrons. The maximum Gasteiger partial charge on any atom is 2.00 e. The third-order valence-electron chi connectivity index (χ3n) is 9.01. The fourth-order valence-electron chi connectivity index (χ4n) is 6.63. The van der Waals surface area contributed by atoms with Crippen molar-refractivity contribution in [1.29, 1.82) is 0 Å². The zero-order valence-electron chi connectivity index (χ0n) is 28.2. The van der Waals surface area contributed by atoms with Crippen molar-refractivity contribution in [2.24, 2.45) is 0 Å². The topological polar surface area (TPSA) is 44.9 Å². The van der Waals surface area contributed by atoms with Gasteiger partial charge >= 0.3 is 21.1 Å². The summed E-state index contributed by atoms with van der Waals surface area (Å²) >= 11 is 0. The van der Waals surface area contributed by atoms with E-state index >= 15 is 0 Å². The average molecular weight is 812 g/mol. The van der Waals surface area contributed by atoms with E-state index in [0.717, 1.165) is 75.3 Å². The largest absolute Gasteiger partial charge is 2.00 e. The van der Waals surface area contributed by atoms with Crippen LogP contribution in [0.5, 0.6) is 11.5 Å². The van der Waals surface area contributed by atoms with Crippen LogP contribution < -0.4 is 4.74 Å². The Morgan fingerprint density at radius 2 is 1.60 bits per heavy atom. The number of benzene rings is 4. The van der Waals surface area contributed by atoms with Gasteiger partial charge in [0.15, 0.2) is 0 Å². The van der Waals surface area contributed by atoms with E-state index in [1.807, 2.05) is 29.1 Å². The van der Waals surface area contributed by atoms with Gasteiger partial charge in [0, 0.05) is 34.5 Å². The second-order valence-corrected chi connectivity index (χ2v) is 12.4. The fourth-order valence-corrected chi connectivity index (χ4v) is 6.63. The summed E-state index contributed by atoms with van der Waals surface area (Å²) in [5.41, 5.74) is 11.0. The van der Waals surface area contributed by atoms with Gasteiger partial charge < -0.3 is 9.30 Å². The summed E-state index contributed by atoms with van der Waals surface area (Å²) in [4.78, 5) is 4.76. The van der Waals surface area contributed by atoms with Crippen molar-refractivity contribution in [1.82, 2.24) is 19.3 Å². The van der Waals surface area contributed by atoms with Gasteiger partial charge in [0.05, 0.1) is 5.69 Å². The molecule has 0 saturated carbocycles. The van der Waals surface area contributed by atoms with Crippen LogP contribution in [0.4, 0.5) is 0 Å². The molecule has 0 unspecified atom stereocenters. The van der Waals surface area contributed by atoms with Crippen molar-refractivity contribution >= 4 is 21.8 Å². The second-order valence-electron chi connectivity index (χ2n) is 12.4. The molecule has 0 spiro atoms. The molecule has 0 atom stereocenters. The number of rotatable bonds is 10. The van der Waals surface area contributed by atoms with Crippen molar-refractivity contribution < 1.29 is 25.8 Å². The van der Waals surface area contributed by atoms with Crippen molar-refractivity contribution in [3.63, 3.8) is 0 Å². The van der Waals surface area contributed by atoms with Gasteiger partial charge in [-0.1, -0.05) is 87.5 Å². The second kappa shape index (κ2) is 14.3. The Kier molecular flexibility index (Phi) is 9.98. The quantitative estimate of drug-likeness (QED) is 0.102. The molecule has 0 N–H and O–H groups in total. The number of fused-ring (bicyclic) bond motifs is 3. The van der Waals surface area contributed by atoms with Crippen LogP contribution in [0.25, 0.3) is 44.4 Å². The molecule has 0 saturated heterocycles. The van der Waals surface area contributed by atoms with Crippen LogP contribution >= 0.6 is 0 Å². The third-order valence-corrected chi connectivity index (χ3v) is 9.01. The predicted octanol–water partition coefficient (Wildman–Crippen LogP) is 10.6. The molecule has 3 aromatic heterocycles. The van der Waals surface area contributed by atoms with Gasteiger partial charge in [-0.15, -0.1) is 35.7 Å². The van der Waals surface area contributed by atoms with Crippen LogP contribution in [0, 0.1) is 32.9 Å². The van der Waals surface area contributed by atoms with Gasteiger partial charge in [-0.05, 0) is 73.2 Å². The first-order valence-corrected chi connectivity index (χ1v) is 16.7. The minimum absolute atomic E-state index is 0. The maximum atomic E-state index is 6.63. The molecular weight excluding hydrogens is 772 g/mol. The van der Waals surface area contributed by atoms with Crippen LogP contribution in [-0.2, 0) is 33.9 Å².